The van der Waals surface area contributed by atoms with E-state index >= 15 is 0 Å². The second-order valence-corrected chi connectivity index (χ2v) is 7.77. The van der Waals surface area contributed by atoms with Crippen molar-refractivity contribution in [3.05, 3.63) is 78.0 Å². The van der Waals surface area contributed by atoms with Gasteiger partial charge in [-0.3, -0.25) is 10.1 Å². The summed E-state index contributed by atoms with van der Waals surface area (Å²) in [6.07, 6.45) is 2.32. The summed E-state index contributed by atoms with van der Waals surface area (Å²) in [5, 5.41) is 16.3. The third-order valence-electron chi connectivity index (χ3n) is 5.28. The predicted molar refractivity (Wildman–Crippen MR) is 120 cm³/mol. The molecule has 3 N–H and O–H groups in total. The number of rotatable bonds is 8. The number of hydrogen-bond donors (Lipinski definition) is 3. The summed E-state index contributed by atoms with van der Waals surface area (Å²) in [5.74, 6) is -0.0840. The van der Waals surface area contributed by atoms with E-state index in [-0.39, 0.29) is 6.10 Å². The first kappa shape index (κ1) is 20.0. The van der Waals surface area contributed by atoms with Crippen molar-refractivity contribution in [3.63, 3.8) is 0 Å². The zero-order valence-corrected chi connectivity index (χ0v) is 17.2. The van der Waals surface area contributed by atoms with E-state index in [1.165, 1.54) is 0 Å². The van der Waals surface area contributed by atoms with Crippen molar-refractivity contribution in [1.29, 1.82) is 0 Å². The second kappa shape index (κ2) is 8.59. The fraction of sp³-hybridized carbons (Fsp3) is 0.240. The van der Waals surface area contributed by atoms with Gasteiger partial charge in [-0.25, -0.2) is 0 Å². The monoisotopic (exact) mass is 402 g/mol. The standard InChI is InChI=1S/C25H26N2O3/c1-16(2)30-24-12-11-17-7-3-4-8-19(17)21(24)15-27-23(25(28)29)13-18-14-26-22-10-6-5-9-20(18)22/h3-12,14,16,23,26-27H,13,15H2,1-2H3,(H,28,29)/t23-/m1/s1. The number of hydrogen-bond acceptors (Lipinski definition) is 3. The Bertz CT molecular complexity index is 1180. The average molecular weight is 402 g/mol. The minimum atomic E-state index is -0.869. The molecule has 1 heterocycles. The van der Waals surface area contributed by atoms with Gasteiger partial charge >= 0.3 is 5.97 Å². The maximum atomic E-state index is 12.0. The molecular weight excluding hydrogens is 376 g/mol. The van der Waals surface area contributed by atoms with Gasteiger partial charge in [-0.2, -0.15) is 0 Å². The lowest BCUT2D eigenvalue weighted by molar-refractivity contribution is -0.139. The highest BCUT2D eigenvalue weighted by Crippen LogP contribution is 2.29. The molecular formula is C25H26N2O3. The summed E-state index contributed by atoms with van der Waals surface area (Å²) in [6, 6.07) is 19.3. The Morgan fingerprint density at radius 2 is 1.77 bits per heavy atom. The fourth-order valence-corrected chi connectivity index (χ4v) is 3.86. The molecule has 3 aromatic carbocycles. The van der Waals surface area contributed by atoms with Crippen molar-refractivity contribution in [1.82, 2.24) is 10.3 Å². The second-order valence-electron chi connectivity index (χ2n) is 7.77. The summed E-state index contributed by atoms with van der Waals surface area (Å²) >= 11 is 0. The van der Waals surface area contributed by atoms with Crippen LogP contribution in [0.15, 0.2) is 66.9 Å². The van der Waals surface area contributed by atoms with E-state index in [1.807, 2.05) is 68.6 Å². The Labute approximate surface area is 175 Å². The first-order valence-electron chi connectivity index (χ1n) is 10.2. The van der Waals surface area contributed by atoms with Crippen LogP contribution in [0.5, 0.6) is 5.75 Å². The van der Waals surface area contributed by atoms with Crippen molar-refractivity contribution in [2.45, 2.75) is 39.0 Å². The highest BCUT2D eigenvalue weighted by Gasteiger charge is 2.21. The minimum absolute atomic E-state index is 0.0337. The van der Waals surface area contributed by atoms with Crippen LogP contribution in [0.4, 0.5) is 0 Å². The van der Waals surface area contributed by atoms with Gasteiger partial charge in [-0.1, -0.05) is 48.5 Å². The van der Waals surface area contributed by atoms with Crippen molar-refractivity contribution >= 4 is 27.6 Å². The number of carbonyl (C=O) groups is 1. The summed E-state index contributed by atoms with van der Waals surface area (Å²) in [4.78, 5) is 15.2. The number of para-hydroxylation sites is 1. The van der Waals surface area contributed by atoms with Gasteiger partial charge in [0.1, 0.15) is 11.8 Å². The largest absolute Gasteiger partial charge is 0.491 e. The van der Waals surface area contributed by atoms with E-state index in [9.17, 15) is 9.90 Å². The van der Waals surface area contributed by atoms with Crippen LogP contribution >= 0.6 is 0 Å². The van der Waals surface area contributed by atoms with Gasteiger partial charge in [0.15, 0.2) is 0 Å². The molecule has 30 heavy (non-hydrogen) atoms. The molecule has 0 unspecified atom stereocenters. The van der Waals surface area contributed by atoms with E-state index in [1.54, 1.807) is 0 Å². The van der Waals surface area contributed by atoms with E-state index in [0.29, 0.717) is 13.0 Å². The van der Waals surface area contributed by atoms with Gasteiger partial charge in [-0.05, 0) is 42.3 Å². The van der Waals surface area contributed by atoms with E-state index in [0.717, 1.165) is 38.6 Å². The molecule has 4 rings (SSSR count). The van der Waals surface area contributed by atoms with E-state index in [2.05, 4.69) is 22.4 Å². The molecule has 0 aliphatic carbocycles. The van der Waals surface area contributed by atoms with Gasteiger partial charge in [0.25, 0.3) is 0 Å². The van der Waals surface area contributed by atoms with Crippen molar-refractivity contribution in [3.8, 4) is 5.75 Å². The number of nitrogens with one attached hydrogen (secondary N) is 2. The minimum Gasteiger partial charge on any atom is -0.491 e. The molecule has 0 aliphatic rings. The maximum absolute atomic E-state index is 12.0. The van der Waals surface area contributed by atoms with Crippen LogP contribution in [0.3, 0.4) is 0 Å². The molecule has 0 amide bonds. The molecule has 0 radical (unpaired) electrons. The Kier molecular flexibility index (Phi) is 5.72. The Hall–Kier alpha value is -3.31. The van der Waals surface area contributed by atoms with Crippen LogP contribution in [0.25, 0.3) is 21.7 Å². The van der Waals surface area contributed by atoms with Gasteiger partial charge < -0.3 is 14.8 Å². The van der Waals surface area contributed by atoms with Crippen LogP contribution in [0, 0.1) is 0 Å². The quantitative estimate of drug-likeness (QED) is 0.392. The number of aromatic nitrogens is 1. The number of carboxylic acids is 1. The van der Waals surface area contributed by atoms with Crippen LogP contribution in [0.2, 0.25) is 0 Å². The number of ether oxygens (including phenoxy) is 1. The summed E-state index contributed by atoms with van der Waals surface area (Å²) in [7, 11) is 0. The number of aromatic amines is 1. The first-order chi connectivity index (χ1) is 14.5. The predicted octanol–water partition coefficient (Wildman–Crippen LogP) is 4.89. The topological polar surface area (TPSA) is 74.3 Å². The highest BCUT2D eigenvalue weighted by molar-refractivity contribution is 5.88. The van der Waals surface area contributed by atoms with Crippen LogP contribution < -0.4 is 10.1 Å². The van der Waals surface area contributed by atoms with Gasteiger partial charge in [0.05, 0.1) is 6.10 Å². The third-order valence-corrected chi connectivity index (χ3v) is 5.28. The average Bonchev–Trinajstić information content (AvgIpc) is 3.14. The molecule has 1 aromatic heterocycles. The molecule has 0 fully saturated rings. The molecule has 0 saturated heterocycles. The summed E-state index contributed by atoms with van der Waals surface area (Å²) in [6.45, 7) is 4.38. The molecule has 5 heteroatoms. The molecule has 0 aliphatic heterocycles. The molecule has 0 bridgehead atoms. The van der Waals surface area contributed by atoms with Gasteiger partial charge in [0.2, 0.25) is 0 Å². The fourth-order valence-electron chi connectivity index (χ4n) is 3.86. The van der Waals surface area contributed by atoms with Gasteiger partial charge in [0, 0.05) is 35.6 Å². The molecule has 1 atom stereocenters. The molecule has 0 spiro atoms. The summed E-state index contributed by atoms with van der Waals surface area (Å²) < 4.78 is 6.02. The van der Waals surface area contributed by atoms with Gasteiger partial charge in [-0.15, -0.1) is 0 Å². The van der Waals surface area contributed by atoms with Crippen LogP contribution in [0.1, 0.15) is 25.0 Å². The lowest BCUT2D eigenvalue weighted by Crippen LogP contribution is -2.38. The van der Waals surface area contributed by atoms with Crippen molar-refractivity contribution in [2.75, 3.05) is 0 Å². The third kappa shape index (κ3) is 4.16. The molecule has 154 valence electrons. The van der Waals surface area contributed by atoms with E-state index in [4.69, 9.17) is 4.74 Å². The molecule has 0 saturated carbocycles. The zero-order chi connectivity index (χ0) is 21.1. The normalized spacial score (nSPS) is 12.5. The van der Waals surface area contributed by atoms with Crippen LogP contribution in [-0.2, 0) is 17.8 Å². The summed E-state index contributed by atoms with van der Waals surface area (Å²) in [5.41, 5.74) is 2.98. The number of carboxylic acid groups (broad SMARTS) is 1. The maximum Gasteiger partial charge on any atom is 0.321 e. The van der Waals surface area contributed by atoms with Crippen LogP contribution in [-0.4, -0.2) is 28.2 Å². The molecule has 4 aromatic rings. The Morgan fingerprint density at radius 1 is 1.03 bits per heavy atom. The zero-order valence-electron chi connectivity index (χ0n) is 17.2. The van der Waals surface area contributed by atoms with Crippen molar-refractivity contribution in [2.24, 2.45) is 0 Å². The SMILES string of the molecule is CC(C)Oc1ccc2ccccc2c1CN[C@H](Cc1c[nH]c2ccccc12)C(=O)O. The lowest BCUT2D eigenvalue weighted by atomic mass is 10.0. The van der Waals surface area contributed by atoms with E-state index < -0.39 is 12.0 Å². The lowest BCUT2D eigenvalue weighted by Gasteiger charge is -2.19. The smallest absolute Gasteiger partial charge is 0.321 e. The first-order valence-corrected chi connectivity index (χ1v) is 10.2. The molecule has 5 nitrogen and oxygen atoms in total. The number of fused-ring (bicyclic) bond motifs is 2. The Balaban J connectivity index is 1.61. The highest BCUT2D eigenvalue weighted by atomic mass is 16.5. The number of H-pyrrole nitrogens is 1. The Morgan fingerprint density at radius 3 is 2.53 bits per heavy atom. The number of benzene rings is 3. The number of aliphatic carboxylic acids is 1. The van der Waals surface area contributed by atoms with Crippen molar-refractivity contribution < 1.29 is 14.6 Å².